The van der Waals surface area contributed by atoms with Crippen LogP contribution in [0.5, 0.6) is 0 Å². The molecule has 0 aromatic carbocycles. The molecule has 1 unspecified atom stereocenters. The third-order valence-electron chi connectivity index (χ3n) is 5.13. The fourth-order valence-electron chi connectivity index (χ4n) is 3.83. The molecule has 82 valence electrons. The Morgan fingerprint density at radius 3 is 1.79 bits per heavy atom. The summed E-state index contributed by atoms with van der Waals surface area (Å²) in [6.45, 7) is 4.74. The molecule has 14 heavy (non-hydrogen) atoms. The van der Waals surface area contributed by atoms with Crippen molar-refractivity contribution in [2.24, 2.45) is 17.3 Å². The van der Waals surface area contributed by atoms with E-state index in [9.17, 15) is 0 Å². The number of rotatable bonds is 2. The normalized spacial score (nSPS) is 43.3. The van der Waals surface area contributed by atoms with Gasteiger partial charge in [0.25, 0.3) is 0 Å². The van der Waals surface area contributed by atoms with Gasteiger partial charge in [-0.3, -0.25) is 0 Å². The summed E-state index contributed by atoms with van der Waals surface area (Å²) in [5.41, 5.74) is 0.826. The van der Waals surface area contributed by atoms with Crippen molar-refractivity contribution in [2.75, 3.05) is 0 Å². The first-order chi connectivity index (χ1) is 6.78. The van der Waals surface area contributed by atoms with Crippen LogP contribution in [0.2, 0.25) is 0 Å². The van der Waals surface area contributed by atoms with E-state index in [-0.39, 0.29) is 0 Å². The molecule has 0 aliphatic heterocycles. The van der Waals surface area contributed by atoms with Crippen LogP contribution in [-0.4, -0.2) is 0 Å². The summed E-state index contributed by atoms with van der Waals surface area (Å²) in [5.74, 6) is 2.15. The maximum Gasteiger partial charge on any atom is -0.0295 e. The SMILES string of the molecule is CCC1CCC2(CC1)CCC(CC)C2. The van der Waals surface area contributed by atoms with Crippen LogP contribution in [0.4, 0.5) is 0 Å². The third kappa shape index (κ3) is 1.99. The maximum atomic E-state index is 2.38. The van der Waals surface area contributed by atoms with Gasteiger partial charge in [-0.05, 0) is 62.2 Å². The van der Waals surface area contributed by atoms with Crippen molar-refractivity contribution in [3.05, 3.63) is 0 Å². The maximum absolute atomic E-state index is 2.38. The van der Waals surface area contributed by atoms with Crippen LogP contribution >= 0.6 is 0 Å². The average molecular weight is 194 g/mol. The van der Waals surface area contributed by atoms with E-state index in [0.29, 0.717) is 0 Å². The quantitative estimate of drug-likeness (QED) is 0.593. The lowest BCUT2D eigenvalue weighted by atomic mass is 9.68. The van der Waals surface area contributed by atoms with Crippen molar-refractivity contribution in [1.82, 2.24) is 0 Å². The first-order valence-electron chi connectivity index (χ1n) is 6.78. The Morgan fingerprint density at radius 1 is 0.857 bits per heavy atom. The molecular weight excluding hydrogens is 168 g/mol. The first kappa shape index (κ1) is 10.5. The lowest BCUT2D eigenvalue weighted by molar-refractivity contribution is 0.147. The molecule has 2 rings (SSSR count). The van der Waals surface area contributed by atoms with Gasteiger partial charge in [0.2, 0.25) is 0 Å². The summed E-state index contributed by atoms with van der Waals surface area (Å²) in [4.78, 5) is 0. The highest BCUT2D eigenvalue weighted by Crippen LogP contribution is 2.53. The molecule has 2 fully saturated rings. The van der Waals surface area contributed by atoms with Crippen molar-refractivity contribution in [3.63, 3.8) is 0 Å². The van der Waals surface area contributed by atoms with Crippen molar-refractivity contribution in [1.29, 1.82) is 0 Å². The molecule has 2 saturated carbocycles. The average Bonchev–Trinajstić information content (AvgIpc) is 2.63. The summed E-state index contributed by atoms with van der Waals surface area (Å²) in [6.07, 6.45) is 13.7. The smallest absolute Gasteiger partial charge is 0.0295 e. The second kappa shape index (κ2) is 4.24. The molecule has 0 saturated heterocycles. The zero-order valence-corrected chi connectivity index (χ0v) is 10.0. The van der Waals surface area contributed by atoms with Crippen molar-refractivity contribution >= 4 is 0 Å². The summed E-state index contributed by atoms with van der Waals surface area (Å²) < 4.78 is 0. The van der Waals surface area contributed by atoms with Gasteiger partial charge in [-0.15, -0.1) is 0 Å². The Labute approximate surface area is 89.5 Å². The predicted octanol–water partition coefficient (Wildman–Crippen LogP) is 4.78. The molecule has 0 nitrogen and oxygen atoms in total. The largest absolute Gasteiger partial charge is 0.0651 e. The third-order valence-corrected chi connectivity index (χ3v) is 5.13. The van der Waals surface area contributed by atoms with E-state index in [4.69, 9.17) is 0 Å². The minimum Gasteiger partial charge on any atom is -0.0651 e. The van der Waals surface area contributed by atoms with Crippen LogP contribution in [0.15, 0.2) is 0 Å². The molecule has 0 bridgehead atoms. The lowest BCUT2D eigenvalue weighted by Crippen LogP contribution is -2.24. The Hall–Kier alpha value is 0. The predicted molar refractivity (Wildman–Crippen MR) is 62.3 cm³/mol. The summed E-state index contributed by atoms with van der Waals surface area (Å²) in [5, 5.41) is 0. The Balaban J connectivity index is 1.87. The topological polar surface area (TPSA) is 0 Å². The molecule has 1 atom stereocenters. The van der Waals surface area contributed by atoms with E-state index >= 15 is 0 Å². The van der Waals surface area contributed by atoms with Crippen LogP contribution < -0.4 is 0 Å². The zero-order chi connectivity index (χ0) is 10.0. The summed E-state index contributed by atoms with van der Waals surface area (Å²) in [7, 11) is 0. The van der Waals surface area contributed by atoms with E-state index in [1.807, 2.05) is 0 Å². The molecule has 0 heteroatoms. The minimum atomic E-state index is 0.826. The highest BCUT2D eigenvalue weighted by molar-refractivity contribution is 4.92. The molecule has 0 heterocycles. The molecule has 0 amide bonds. The standard InChI is InChI=1S/C14H26/c1-3-12-5-8-14(9-6-12)10-7-13(4-2)11-14/h12-13H,3-11H2,1-2H3. The van der Waals surface area contributed by atoms with Gasteiger partial charge >= 0.3 is 0 Å². The molecule has 0 aromatic heterocycles. The second-order valence-electron chi connectivity index (χ2n) is 5.87. The number of hydrogen-bond acceptors (Lipinski definition) is 0. The highest BCUT2D eigenvalue weighted by Gasteiger charge is 2.40. The van der Waals surface area contributed by atoms with Crippen LogP contribution in [0, 0.1) is 17.3 Å². The van der Waals surface area contributed by atoms with E-state index in [1.54, 1.807) is 25.7 Å². The van der Waals surface area contributed by atoms with Gasteiger partial charge < -0.3 is 0 Å². The van der Waals surface area contributed by atoms with Crippen molar-refractivity contribution in [2.45, 2.75) is 71.6 Å². The zero-order valence-electron chi connectivity index (χ0n) is 10.0. The fourth-order valence-corrected chi connectivity index (χ4v) is 3.83. The molecule has 0 N–H and O–H groups in total. The highest BCUT2D eigenvalue weighted by atomic mass is 14.5. The molecule has 2 aliphatic rings. The van der Waals surface area contributed by atoms with Gasteiger partial charge in [-0.25, -0.2) is 0 Å². The van der Waals surface area contributed by atoms with Gasteiger partial charge in [0.1, 0.15) is 0 Å². The van der Waals surface area contributed by atoms with Gasteiger partial charge in [0.15, 0.2) is 0 Å². The van der Waals surface area contributed by atoms with E-state index < -0.39 is 0 Å². The molecule has 1 spiro atoms. The van der Waals surface area contributed by atoms with Gasteiger partial charge in [-0.2, -0.15) is 0 Å². The monoisotopic (exact) mass is 194 g/mol. The van der Waals surface area contributed by atoms with Crippen LogP contribution in [0.3, 0.4) is 0 Å². The van der Waals surface area contributed by atoms with Gasteiger partial charge in [-0.1, -0.05) is 26.7 Å². The lowest BCUT2D eigenvalue weighted by Gasteiger charge is -2.37. The van der Waals surface area contributed by atoms with E-state index in [1.165, 1.54) is 32.1 Å². The molecule has 0 radical (unpaired) electrons. The van der Waals surface area contributed by atoms with Crippen LogP contribution in [-0.2, 0) is 0 Å². The second-order valence-corrected chi connectivity index (χ2v) is 5.87. The van der Waals surface area contributed by atoms with Crippen molar-refractivity contribution in [3.8, 4) is 0 Å². The molecule has 2 aliphatic carbocycles. The Bertz CT molecular complexity index is 174. The molecular formula is C14H26. The Morgan fingerprint density at radius 2 is 1.36 bits per heavy atom. The van der Waals surface area contributed by atoms with Crippen LogP contribution in [0.1, 0.15) is 71.6 Å². The van der Waals surface area contributed by atoms with E-state index in [0.717, 1.165) is 17.3 Å². The van der Waals surface area contributed by atoms with E-state index in [2.05, 4.69) is 13.8 Å². The molecule has 0 aromatic rings. The van der Waals surface area contributed by atoms with Crippen LogP contribution in [0.25, 0.3) is 0 Å². The summed E-state index contributed by atoms with van der Waals surface area (Å²) in [6, 6.07) is 0. The number of hydrogen-bond donors (Lipinski definition) is 0. The summed E-state index contributed by atoms with van der Waals surface area (Å²) >= 11 is 0. The van der Waals surface area contributed by atoms with Gasteiger partial charge in [0.05, 0.1) is 0 Å². The Kier molecular flexibility index (Phi) is 3.19. The first-order valence-corrected chi connectivity index (χ1v) is 6.78. The fraction of sp³-hybridized carbons (Fsp3) is 1.00. The van der Waals surface area contributed by atoms with Gasteiger partial charge in [0, 0.05) is 0 Å². The van der Waals surface area contributed by atoms with Crippen molar-refractivity contribution < 1.29 is 0 Å². The minimum absolute atomic E-state index is 0.826.